The highest BCUT2D eigenvalue weighted by Gasteiger charge is 2.30. The van der Waals surface area contributed by atoms with Crippen LogP contribution in [0.4, 0.5) is 5.69 Å². The van der Waals surface area contributed by atoms with E-state index in [4.69, 9.17) is 4.74 Å². The van der Waals surface area contributed by atoms with Gasteiger partial charge in [-0.2, -0.15) is 0 Å². The van der Waals surface area contributed by atoms with Gasteiger partial charge in [0.15, 0.2) is 0 Å². The summed E-state index contributed by atoms with van der Waals surface area (Å²) in [4.78, 5) is 27.7. The second-order valence-electron chi connectivity index (χ2n) is 5.69. The molecule has 5 heteroatoms. The van der Waals surface area contributed by atoms with E-state index in [1.807, 2.05) is 23.1 Å². The first-order chi connectivity index (χ1) is 10.5. The number of hydrogen-bond donors (Lipinski definition) is 0. The maximum atomic E-state index is 12.6. The van der Waals surface area contributed by atoms with Crippen LogP contribution in [0.1, 0.15) is 25.8 Å². The van der Waals surface area contributed by atoms with E-state index in [0.29, 0.717) is 26.1 Å². The Morgan fingerprint density at radius 3 is 2.73 bits per heavy atom. The first-order valence-electron chi connectivity index (χ1n) is 7.69. The van der Waals surface area contributed by atoms with Crippen molar-refractivity contribution in [3.8, 4) is 0 Å². The first-order valence-corrected chi connectivity index (χ1v) is 7.69. The van der Waals surface area contributed by atoms with Crippen molar-refractivity contribution in [3.05, 3.63) is 29.8 Å². The molecule has 0 bridgehead atoms. The summed E-state index contributed by atoms with van der Waals surface area (Å²) in [5, 5.41) is 0. The van der Waals surface area contributed by atoms with E-state index in [-0.39, 0.29) is 17.9 Å². The monoisotopic (exact) mass is 304 g/mol. The number of methoxy groups -OCH3 is 1. The van der Waals surface area contributed by atoms with E-state index in [1.165, 1.54) is 12.5 Å². The van der Waals surface area contributed by atoms with Gasteiger partial charge in [0.1, 0.15) is 0 Å². The molecule has 0 fully saturated rings. The Hall–Kier alpha value is -1.88. The molecule has 0 aromatic heterocycles. The van der Waals surface area contributed by atoms with Gasteiger partial charge in [-0.05, 0) is 25.0 Å². The summed E-state index contributed by atoms with van der Waals surface area (Å²) in [7, 11) is 1.60. The zero-order chi connectivity index (χ0) is 16.1. The van der Waals surface area contributed by atoms with E-state index < -0.39 is 0 Å². The van der Waals surface area contributed by atoms with Crippen molar-refractivity contribution in [3.63, 3.8) is 0 Å². The molecule has 0 radical (unpaired) electrons. The molecule has 5 nitrogen and oxygen atoms in total. The number of para-hydroxylation sites is 1. The molecule has 1 heterocycles. The van der Waals surface area contributed by atoms with Gasteiger partial charge in [-0.15, -0.1) is 0 Å². The fourth-order valence-electron chi connectivity index (χ4n) is 2.92. The van der Waals surface area contributed by atoms with Gasteiger partial charge in [-0.25, -0.2) is 0 Å². The molecule has 0 aliphatic carbocycles. The van der Waals surface area contributed by atoms with Gasteiger partial charge in [-0.1, -0.05) is 18.2 Å². The molecule has 0 spiro atoms. The average Bonchev–Trinajstić information content (AvgIpc) is 2.82. The predicted octanol–water partition coefficient (Wildman–Crippen LogP) is 1.85. The lowest BCUT2D eigenvalue weighted by Crippen LogP contribution is -2.39. The number of rotatable bonds is 6. The minimum atomic E-state index is -0.0280. The third kappa shape index (κ3) is 3.65. The van der Waals surface area contributed by atoms with Crippen LogP contribution in [0.2, 0.25) is 0 Å². The summed E-state index contributed by atoms with van der Waals surface area (Å²) in [5.41, 5.74) is 2.22. The molecule has 2 rings (SSSR count). The van der Waals surface area contributed by atoms with Crippen molar-refractivity contribution in [2.24, 2.45) is 0 Å². The van der Waals surface area contributed by atoms with E-state index in [1.54, 1.807) is 12.0 Å². The molecule has 1 aliphatic rings. The first kappa shape index (κ1) is 16.5. The van der Waals surface area contributed by atoms with Gasteiger partial charge < -0.3 is 14.5 Å². The van der Waals surface area contributed by atoms with Crippen LogP contribution >= 0.6 is 0 Å². The highest BCUT2D eigenvalue weighted by molar-refractivity contribution is 5.96. The molecule has 1 aromatic rings. The lowest BCUT2D eigenvalue weighted by molar-refractivity contribution is -0.130. The van der Waals surface area contributed by atoms with Crippen molar-refractivity contribution < 1.29 is 14.3 Å². The molecule has 1 atom stereocenters. The smallest absolute Gasteiger partial charge is 0.229 e. The highest BCUT2D eigenvalue weighted by Crippen LogP contribution is 2.32. The molecule has 1 unspecified atom stereocenters. The standard InChI is InChI=1S/C17H24N2O3/c1-13-12-15-6-4-5-7-16(15)19(13)17(21)8-9-18(14(2)20)10-11-22-3/h4-7,13H,8-12H2,1-3H3. The number of nitrogens with zero attached hydrogens (tertiary/aromatic N) is 2. The zero-order valence-corrected chi connectivity index (χ0v) is 13.5. The maximum Gasteiger partial charge on any atom is 0.229 e. The van der Waals surface area contributed by atoms with Crippen LogP contribution in [-0.2, 0) is 20.7 Å². The lowest BCUT2D eigenvalue weighted by atomic mass is 10.1. The highest BCUT2D eigenvalue weighted by atomic mass is 16.5. The minimum Gasteiger partial charge on any atom is -0.383 e. The normalized spacial score (nSPS) is 16.5. The third-order valence-electron chi connectivity index (χ3n) is 4.08. The molecule has 1 aromatic carbocycles. The second-order valence-corrected chi connectivity index (χ2v) is 5.69. The molecular formula is C17H24N2O3. The van der Waals surface area contributed by atoms with Crippen molar-refractivity contribution in [1.29, 1.82) is 0 Å². The number of fused-ring (bicyclic) bond motifs is 1. The number of carbonyl (C=O) groups excluding carboxylic acids is 2. The summed E-state index contributed by atoms with van der Waals surface area (Å²) >= 11 is 0. The Morgan fingerprint density at radius 1 is 1.32 bits per heavy atom. The Labute approximate surface area is 131 Å². The Morgan fingerprint density at radius 2 is 2.05 bits per heavy atom. The van der Waals surface area contributed by atoms with Crippen LogP contribution in [-0.4, -0.2) is 49.6 Å². The SMILES string of the molecule is COCCN(CCC(=O)N1c2ccccc2CC1C)C(C)=O. The average molecular weight is 304 g/mol. The fourth-order valence-corrected chi connectivity index (χ4v) is 2.92. The molecule has 1 aliphatic heterocycles. The number of benzene rings is 1. The van der Waals surface area contributed by atoms with Crippen molar-refractivity contribution in [1.82, 2.24) is 4.90 Å². The number of ether oxygens (including phenoxy) is 1. The lowest BCUT2D eigenvalue weighted by Gasteiger charge is -2.25. The van der Waals surface area contributed by atoms with Gasteiger partial charge in [0.25, 0.3) is 0 Å². The second kappa shape index (κ2) is 7.40. The molecule has 2 amide bonds. The predicted molar refractivity (Wildman–Crippen MR) is 85.8 cm³/mol. The molecular weight excluding hydrogens is 280 g/mol. The fraction of sp³-hybridized carbons (Fsp3) is 0.529. The van der Waals surface area contributed by atoms with Crippen LogP contribution < -0.4 is 4.90 Å². The maximum absolute atomic E-state index is 12.6. The Bertz CT molecular complexity index is 544. The number of hydrogen-bond acceptors (Lipinski definition) is 3. The van der Waals surface area contributed by atoms with Gasteiger partial charge in [0.05, 0.1) is 6.61 Å². The molecule has 0 saturated heterocycles. The number of carbonyl (C=O) groups is 2. The number of anilines is 1. The van der Waals surface area contributed by atoms with Gasteiger partial charge >= 0.3 is 0 Å². The van der Waals surface area contributed by atoms with Crippen LogP contribution in [0.15, 0.2) is 24.3 Å². The van der Waals surface area contributed by atoms with E-state index in [2.05, 4.69) is 13.0 Å². The van der Waals surface area contributed by atoms with Gasteiger partial charge in [0.2, 0.25) is 11.8 Å². The molecule has 22 heavy (non-hydrogen) atoms. The molecule has 0 saturated carbocycles. The summed E-state index contributed by atoms with van der Waals surface area (Å²) in [5.74, 6) is 0.0424. The number of amides is 2. The van der Waals surface area contributed by atoms with Crippen molar-refractivity contribution in [2.75, 3.05) is 31.7 Å². The van der Waals surface area contributed by atoms with Crippen LogP contribution in [0.3, 0.4) is 0 Å². The van der Waals surface area contributed by atoms with E-state index in [0.717, 1.165) is 12.1 Å². The summed E-state index contributed by atoms with van der Waals surface area (Å²) in [6.07, 6.45) is 1.23. The quantitative estimate of drug-likeness (QED) is 0.806. The molecule has 0 N–H and O–H groups in total. The van der Waals surface area contributed by atoms with Crippen LogP contribution in [0.25, 0.3) is 0 Å². The van der Waals surface area contributed by atoms with E-state index >= 15 is 0 Å². The van der Waals surface area contributed by atoms with E-state index in [9.17, 15) is 9.59 Å². The minimum absolute atomic E-state index is 0.0280. The zero-order valence-electron chi connectivity index (χ0n) is 13.5. The van der Waals surface area contributed by atoms with Gasteiger partial charge in [0, 0.05) is 45.3 Å². The molecule has 120 valence electrons. The summed E-state index contributed by atoms with van der Waals surface area (Å²) in [6, 6.07) is 8.19. The topological polar surface area (TPSA) is 49.9 Å². The summed E-state index contributed by atoms with van der Waals surface area (Å²) < 4.78 is 5.00. The summed E-state index contributed by atoms with van der Waals surface area (Å²) in [6.45, 7) is 5.02. The van der Waals surface area contributed by atoms with Crippen molar-refractivity contribution in [2.45, 2.75) is 32.7 Å². The van der Waals surface area contributed by atoms with Gasteiger partial charge in [-0.3, -0.25) is 9.59 Å². The van der Waals surface area contributed by atoms with Crippen LogP contribution in [0.5, 0.6) is 0 Å². The van der Waals surface area contributed by atoms with Crippen LogP contribution in [0, 0.1) is 0 Å². The Kier molecular flexibility index (Phi) is 5.55. The Balaban J connectivity index is 1.98. The largest absolute Gasteiger partial charge is 0.383 e. The van der Waals surface area contributed by atoms with Crippen molar-refractivity contribution >= 4 is 17.5 Å². The third-order valence-corrected chi connectivity index (χ3v) is 4.08.